The van der Waals surface area contributed by atoms with Crippen molar-refractivity contribution in [2.45, 2.75) is 73.2 Å². The minimum Gasteiger partial charge on any atom is -0.822 e. The van der Waals surface area contributed by atoms with E-state index in [1.807, 2.05) is 0 Å². The average molecular weight is 851 g/mol. The standard InChI is InChI=1S/3C6H12O6.3Ca.2H3O4P/c3*7-1-3(9)5(11)6(12)4(10)2-8;;;;2*1-5(2,3)4/h3*1,3-6,8-12H,2H2;;;;2*(H3,1,2,3,4)/q;;;3*+2;;/p-6/t3*3-,4+,5+,6+;;;;;/m000...../s1. The molecular formula is C18H36Ca3O26P2. The van der Waals surface area contributed by atoms with Crippen LogP contribution in [0.2, 0.25) is 0 Å². The molecule has 15 N–H and O–H groups in total. The minimum atomic E-state index is -5.39. The molecule has 0 aliphatic carbocycles. The number of hydrogen-bond acceptors (Lipinski definition) is 26. The smallest absolute Gasteiger partial charge is 0.822 e. The second kappa shape index (κ2) is 38.7. The number of aliphatic hydroxyl groups is 15. The zero-order chi connectivity index (χ0) is 38.2. The van der Waals surface area contributed by atoms with Gasteiger partial charge in [0.15, 0.2) is 18.9 Å². The van der Waals surface area contributed by atoms with E-state index in [4.69, 9.17) is 115 Å². The SMILES string of the molecule is O=C[C@H](O)[C@@H](O)[C@H](O)[C@H](O)CO.O=C[C@H](O)[C@@H](O)[C@H](O)[C@H](O)CO.O=C[C@H](O)[C@@H](O)[C@H](O)[C@H](O)CO.O=P([O-])([O-])[O-].O=P([O-])([O-])[O-].[Ca+2].[Ca+2].[Ca+2]. The maximum atomic E-state index is 9.90. The van der Waals surface area contributed by atoms with Crippen molar-refractivity contribution in [3.8, 4) is 0 Å². The molecule has 0 aromatic heterocycles. The predicted octanol–water partition coefficient (Wildman–Crippen LogP) is -16.9. The molecule has 0 bridgehead atoms. The second-order valence-electron chi connectivity index (χ2n) is 7.97. The first-order valence-electron chi connectivity index (χ1n) is 11.4. The molecule has 49 heavy (non-hydrogen) atoms. The zero-order valence-corrected chi connectivity index (χ0v) is 33.4. The summed E-state index contributed by atoms with van der Waals surface area (Å²) in [5, 5.41) is 131. The Morgan fingerprint density at radius 3 is 0.592 bits per heavy atom. The van der Waals surface area contributed by atoms with E-state index in [1.54, 1.807) is 0 Å². The van der Waals surface area contributed by atoms with Crippen molar-refractivity contribution in [2.75, 3.05) is 19.8 Å². The van der Waals surface area contributed by atoms with Crippen LogP contribution in [0.4, 0.5) is 0 Å². The quantitative estimate of drug-likeness (QED) is 0.0413. The van der Waals surface area contributed by atoms with Gasteiger partial charge in [-0.2, -0.15) is 15.6 Å². The van der Waals surface area contributed by atoms with E-state index in [0.717, 1.165) is 0 Å². The Morgan fingerprint density at radius 2 is 0.510 bits per heavy atom. The molecule has 0 saturated carbocycles. The van der Waals surface area contributed by atoms with Gasteiger partial charge in [0.25, 0.3) is 0 Å². The predicted molar refractivity (Wildman–Crippen MR) is 144 cm³/mol. The first-order valence-corrected chi connectivity index (χ1v) is 14.4. The molecule has 0 saturated heterocycles. The molecule has 31 heteroatoms. The Labute approximate surface area is 366 Å². The summed E-state index contributed by atoms with van der Waals surface area (Å²) in [6.07, 6.45) is -20.5. The van der Waals surface area contributed by atoms with Crippen molar-refractivity contribution in [3.63, 3.8) is 0 Å². The summed E-state index contributed by atoms with van der Waals surface area (Å²) in [6, 6.07) is 0. The molecular weight excluding hydrogens is 814 g/mol. The molecule has 26 nitrogen and oxygen atoms in total. The first-order chi connectivity index (χ1) is 20.6. The van der Waals surface area contributed by atoms with Crippen LogP contribution in [0, 0.1) is 0 Å². The maximum absolute atomic E-state index is 9.90. The summed E-state index contributed by atoms with van der Waals surface area (Å²) in [6.45, 7) is -2.28. The molecule has 0 aliphatic rings. The number of hydrogen-bond donors (Lipinski definition) is 15. The molecule has 0 radical (unpaired) electrons. The first kappa shape index (κ1) is 69.3. The molecule has 0 aromatic carbocycles. The van der Waals surface area contributed by atoms with Crippen molar-refractivity contribution in [1.82, 2.24) is 0 Å². The fourth-order valence-corrected chi connectivity index (χ4v) is 1.85. The second-order valence-corrected chi connectivity index (χ2v) is 9.76. The monoisotopic (exact) mass is 850 g/mol. The summed E-state index contributed by atoms with van der Waals surface area (Å²) >= 11 is 0. The molecule has 0 heterocycles. The van der Waals surface area contributed by atoms with Crippen molar-refractivity contribution in [1.29, 1.82) is 0 Å². The largest absolute Gasteiger partial charge is 2.00 e. The van der Waals surface area contributed by atoms with Crippen molar-refractivity contribution >= 4 is 148 Å². The third-order valence-corrected chi connectivity index (χ3v) is 4.26. The van der Waals surface area contributed by atoms with Gasteiger partial charge in [-0.05, 0) is 0 Å². The average Bonchev–Trinajstić information content (AvgIpc) is 2.98. The van der Waals surface area contributed by atoms with Crippen molar-refractivity contribution in [2.24, 2.45) is 0 Å². The molecule has 0 aromatic rings. The van der Waals surface area contributed by atoms with Crippen molar-refractivity contribution < 1.29 is 129 Å². The van der Waals surface area contributed by atoms with E-state index in [9.17, 15) is 14.4 Å². The van der Waals surface area contributed by atoms with Crippen LogP contribution in [0.15, 0.2) is 0 Å². The third-order valence-electron chi connectivity index (χ3n) is 4.26. The van der Waals surface area contributed by atoms with Gasteiger partial charge in [-0.25, -0.2) is 0 Å². The van der Waals surface area contributed by atoms with Crippen molar-refractivity contribution in [3.05, 3.63) is 0 Å². The van der Waals surface area contributed by atoms with Gasteiger partial charge in [0.05, 0.1) is 19.8 Å². The van der Waals surface area contributed by atoms with E-state index in [0.29, 0.717) is 0 Å². The normalized spacial score (nSPS) is 17.9. The van der Waals surface area contributed by atoms with E-state index < -0.39 is 109 Å². The number of aliphatic hydroxyl groups excluding tert-OH is 15. The molecule has 0 unspecified atom stereocenters. The van der Waals surface area contributed by atoms with Gasteiger partial charge in [0, 0.05) is 0 Å². The number of carbonyl (C=O) groups is 3. The molecule has 0 fully saturated rings. The number of rotatable bonds is 15. The molecule has 12 atom stereocenters. The van der Waals surface area contributed by atoms with Crippen LogP contribution in [-0.2, 0) is 23.5 Å². The molecule has 280 valence electrons. The Morgan fingerprint density at radius 1 is 0.388 bits per heavy atom. The number of aldehydes is 3. The van der Waals surface area contributed by atoms with Gasteiger partial charge in [0.1, 0.15) is 73.2 Å². The van der Waals surface area contributed by atoms with Crippen LogP contribution in [0.25, 0.3) is 0 Å². The van der Waals surface area contributed by atoms with Crippen LogP contribution in [-0.4, -0.2) is 302 Å². The molecule has 0 amide bonds. The van der Waals surface area contributed by atoms with Gasteiger partial charge in [-0.3, -0.25) is 0 Å². The summed E-state index contributed by atoms with van der Waals surface area (Å²) in [7, 11) is -10.8. The van der Waals surface area contributed by atoms with Crippen LogP contribution in [0.3, 0.4) is 0 Å². The molecule has 0 aliphatic heterocycles. The van der Waals surface area contributed by atoms with Gasteiger partial charge < -0.3 is 129 Å². The van der Waals surface area contributed by atoms with Crippen LogP contribution in [0.5, 0.6) is 0 Å². The summed E-state index contributed by atoms with van der Waals surface area (Å²) in [4.78, 5) is 81.0. The minimum absolute atomic E-state index is 0. The fourth-order valence-electron chi connectivity index (χ4n) is 1.85. The Kier molecular flexibility index (Phi) is 54.7. The third kappa shape index (κ3) is 46.5. The Balaban J connectivity index is -0.0000000734. The van der Waals surface area contributed by atoms with Crippen LogP contribution >= 0.6 is 15.6 Å². The Bertz CT molecular complexity index is 756. The summed E-state index contributed by atoms with van der Waals surface area (Å²) in [5.74, 6) is 0. The molecule has 0 spiro atoms. The zero-order valence-electron chi connectivity index (χ0n) is 25.0. The number of phosphoric acid groups is 2. The van der Waals surface area contributed by atoms with Gasteiger partial charge in [-0.15, -0.1) is 0 Å². The summed E-state index contributed by atoms with van der Waals surface area (Å²) in [5.41, 5.74) is 0. The topological polar surface area (TPSA) is 527 Å². The van der Waals surface area contributed by atoms with Gasteiger partial charge in [-0.1, -0.05) is 0 Å². The van der Waals surface area contributed by atoms with E-state index in [-0.39, 0.29) is 132 Å². The van der Waals surface area contributed by atoms with E-state index >= 15 is 0 Å². The fraction of sp³-hybridized carbons (Fsp3) is 0.833. The van der Waals surface area contributed by atoms with E-state index in [1.165, 1.54) is 0 Å². The Hall–Kier alpha value is 2.41. The van der Waals surface area contributed by atoms with Crippen LogP contribution in [0.1, 0.15) is 0 Å². The summed E-state index contributed by atoms with van der Waals surface area (Å²) < 4.78 is 17.1. The van der Waals surface area contributed by atoms with Gasteiger partial charge >= 0.3 is 113 Å². The number of carbonyl (C=O) groups excluding carboxylic acids is 3. The van der Waals surface area contributed by atoms with Crippen LogP contribution < -0.4 is 29.4 Å². The maximum Gasteiger partial charge on any atom is 2.00 e. The van der Waals surface area contributed by atoms with E-state index in [2.05, 4.69) is 0 Å². The van der Waals surface area contributed by atoms with Gasteiger partial charge in [0.2, 0.25) is 0 Å². The molecule has 0 rings (SSSR count).